The Morgan fingerprint density at radius 2 is 1.94 bits per heavy atom. The monoisotopic (exact) mass is 257 g/mol. The van der Waals surface area contributed by atoms with E-state index in [0.717, 1.165) is 12.8 Å². The summed E-state index contributed by atoms with van der Waals surface area (Å²) in [6.07, 6.45) is 2.47. The van der Waals surface area contributed by atoms with Gasteiger partial charge in [0.1, 0.15) is 6.04 Å². The fourth-order valence-electron chi connectivity index (χ4n) is 1.49. The van der Waals surface area contributed by atoms with E-state index in [-0.39, 0.29) is 25.2 Å². The molecule has 5 N–H and O–H groups in total. The van der Waals surface area contributed by atoms with Crippen molar-refractivity contribution in [1.29, 1.82) is 0 Å². The van der Waals surface area contributed by atoms with E-state index in [4.69, 9.17) is 10.8 Å². The Morgan fingerprint density at radius 1 is 1.28 bits per heavy atom. The van der Waals surface area contributed by atoms with Gasteiger partial charge in [0.05, 0.1) is 0 Å². The van der Waals surface area contributed by atoms with Crippen molar-refractivity contribution in [3.8, 4) is 0 Å². The van der Waals surface area contributed by atoms with Crippen LogP contribution in [-0.4, -0.2) is 41.5 Å². The normalized spacial score (nSPS) is 16.0. The first-order valence-corrected chi connectivity index (χ1v) is 6.03. The molecule has 0 unspecified atom stereocenters. The quantitative estimate of drug-likeness (QED) is 0.420. The van der Waals surface area contributed by atoms with Gasteiger partial charge in [-0.15, -0.1) is 0 Å². The van der Waals surface area contributed by atoms with E-state index in [2.05, 4.69) is 10.6 Å². The third-order valence-corrected chi connectivity index (χ3v) is 2.68. The van der Waals surface area contributed by atoms with Gasteiger partial charge in [-0.2, -0.15) is 0 Å². The lowest BCUT2D eigenvalue weighted by atomic mass is 10.1. The summed E-state index contributed by atoms with van der Waals surface area (Å²) in [7, 11) is 0. The average molecular weight is 257 g/mol. The Morgan fingerprint density at radius 3 is 2.44 bits per heavy atom. The fourth-order valence-corrected chi connectivity index (χ4v) is 1.49. The first kappa shape index (κ1) is 14.4. The van der Waals surface area contributed by atoms with Crippen LogP contribution >= 0.6 is 0 Å². The minimum Gasteiger partial charge on any atom is -0.480 e. The molecule has 0 spiro atoms. The number of amides is 2. The number of carboxylic acid groups (broad SMARTS) is 1. The first-order chi connectivity index (χ1) is 8.49. The molecule has 1 rings (SSSR count). The van der Waals surface area contributed by atoms with Crippen LogP contribution in [0.15, 0.2) is 0 Å². The van der Waals surface area contributed by atoms with Crippen LogP contribution in [0.2, 0.25) is 0 Å². The molecular formula is C11H19N3O4. The standard InChI is InChI=1S/C11H19N3O4/c12-9(15)4-3-8(11(17)18)14-10(16)5-6-13-7-1-2-7/h7-8,13H,1-6H2,(H2,12,15)(H,14,16)(H,17,18)/t8-/m1/s1. The number of nitrogens with two attached hydrogens (primary N) is 1. The number of carbonyl (C=O) groups is 3. The molecule has 1 aliphatic carbocycles. The summed E-state index contributed by atoms with van der Waals surface area (Å²) in [6, 6.07) is -0.533. The number of primary amides is 1. The third-order valence-electron chi connectivity index (χ3n) is 2.68. The number of carboxylic acids is 1. The van der Waals surface area contributed by atoms with Gasteiger partial charge in [0.15, 0.2) is 0 Å². The summed E-state index contributed by atoms with van der Waals surface area (Å²) >= 11 is 0. The van der Waals surface area contributed by atoms with Crippen molar-refractivity contribution in [1.82, 2.24) is 10.6 Å². The summed E-state index contributed by atoms with van der Waals surface area (Å²) < 4.78 is 0. The van der Waals surface area contributed by atoms with Gasteiger partial charge in [0.25, 0.3) is 0 Å². The van der Waals surface area contributed by atoms with Crippen molar-refractivity contribution in [3.63, 3.8) is 0 Å². The molecule has 0 saturated heterocycles. The number of aliphatic carboxylic acids is 1. The van der Waals surface area contributed by atoms with Gasteiger partial charge in [-0.05, 0) is 19.3 Å². The maximum absolute atomic E-state index is 11.5. The molecule has 0 heterocycles. The van der Waals surface area contributed by atoms with Crippen molar-refractivity contribution in [2.24, 2.45) is 5.73 Å². The molecule has 102 valence electrons. The Kier molecular flexibility index (Phi) is 5.57. The summed E-state index contributed by atoms with van der Waals surface area (Å²) in [5.41, 5.74) is 4.94. The number of hydrogen-bond donors (Lipinski definition) is 4. The highest BCUT2D eigenvalue weighted by atomic mass is 16.4. The summed E-state index contributed by atoms with van der Waals surface area (Å²) in [4.78, 5) is 32.9. The largest absolute Gasteiger partial charge is 0.480 e. The van der Waals surface area contributed by atoms with Crippen LogP contribution in [0.25, 0.3) is 0 Å². The molecule has 7 nitrogen and oxygen atoms in total. The third kappa shape index (κ3) is 6.19. The lowest BCUT2D eigenvalue weighted by Gasteiger charge is -2.13. The fraction of sp³-hybridized carbons (Fsp3) is 0.727. The van der Waals surface area contributed by atoms with Crippen LogP contribution in [0.1, 0.15) is 32.1 Å². The Hall–Kier alpha value is -1.63. The number of nitrogens with one attached hydrogen (secondary N) is 2. The molecule has 18 heavy (non-hydrogen) atoms. The molecular weight excluding hydrogens is 238 g/mol. The Bertz CT molecular complexity index is 328. The maximum atomic E-state index is 11.5. The van der Waals surface area contributed by atoms with Crippen molar-refractivity contribution in [3.05, 3.63) is 0 Å². The van der Waals surface area contributed by atoms with E-state index < -0.39 is 17.9 Å². The van der Waals surface area contributed by atoms with Crippen LogP contribution < -0.4 is 16.4 Å². The predicted molar refractivity (Wildman–Crippen MR) is 63.6 cm³/mol. The molecule has 2 amide bonds. The minimum atomic E-state index is -1.15. The van der Waals surface area contributed by atoms with E-state index in [1.54, 1.807) is 0 Å². The number of rotatable bonds is 9. The Balaban J connectivity index is 2.22. The van der Waals surface area contributed by atoms with Crippen molar-refractivity contribution in [2.75, 3.05) is 6.54 Å². The lowest BCUT2D eigenvalue weighted by Crippen LogP contribution is -2.42. The highest BCUT2D eigenvalue weighted by molar-refractivity contribution is 5.84. The minimum absolute atomic E-state index is 0.0203. The molecule has 7 heteroatoms. The van der Waals surface area contributed by atoms with Gasteiger partial charge in [-0.1, -0.05) is 0 Å². The van der Waals surface area contributed by atoms with Gasteiger partial charge >= 0.3 is 5.97 Å². The second-order valence-electron chi connectivity index (χ2n) is 4.44. The second kappa shape index (κ2) is 6.95. The summed E-state index contributed by atoms with van der Waals surface area (Å²) in [5, 5.41) is 14.4. The SMILES string of the molecule is NC(=O)CC[C@@H](NC(=O)CCNC1CC1)C(=O)O. The van der Waals surface area contributed by atoms with Gasteiger partial charge in [-0.3, -0.25) is 9.59 Å². The van der Waals surface area contributed by atoms with E-state index in [1.807, 2.05) is 0 Å². The molecule has 0 bridgehead atoms. The molecule has 0 aromatic carbocycles. The van der Waals surface area contributed by atoms with E-state index in [9.17, 15) is 14.4 Å². The smallest absolute Gasteiger partial charge is 0.326 e. The van der Waals surface area contributed by atoms with Crippen LogP contribution in [0.4, 0.5) is 0 Å². The molecule has 1 fully saturated rings. The topological polar surface area (TPSA) is 122 Å². The zero-order valence-electron chi connectivity index (χ0n) is 10.1. The predicted octanol–water partition coefficient (Wildman–Crippen LogP) is -1.04. The zero-order valence-corrected chi connectivity index (χ0v) is 10.1. The number of hydrogen-bond acceptors (Lipinski definition) is 4. The highest BCUT2D eigenvalue weighted by Gasteiger charge is 2.22. The van der Waals surface area contributed by atoms with Crippen LogP contribution in [0.3, 0.4) is 0 Å². The van der Waals surface area contributed by atoms with Crippen LogP contribution in [0.5, 0.6) is 0 Å². The molecule has 1 atom stereocenters. The highest BCUT2D eigenvalue weighted by Crippen LogP contribution is 2.18. The molecule has 0 aromatic heterocycles. The van der Waals surface area contributed by atoms with Gasteiger partial charge in [0, 0.05) is 25.4 Å². The first-order valence-electron chi connectivity index (χ1n) is 6.03. The van der Waals surface area contributed by atoms with Crippen molar-refractivity contribution < 1.29 is 19.5 Å². The van der Waals surface area contributed by atoms with Gasteiger partial charge in [0.2, 0.25) is 11.8 Å². The summed E-state index contributed by atoms with van der Waals surface area (Å²) in [6.45, 7) is 0.540. The molecule has 0 aromatic rings. The van der Waals surface area contributed by atoms with E-state index in [1.165, 1.54) is 0 Å². The van der Waals surface area contributed by atoms with Crippen LogP contribution in [-0.2, 0) is 14.4 Å². The summed E-state index contributed by atoms with van der Waals surface area (Å²) in [5.74, 6) is -2.06. The van der Waals surface area contributed by atoms with Crippen molar-refractivity contribution in [2.45, 2.75) is 44.2 Å². The second-order valence-corrected chi connectivity index (χ2v) is 4.44. The van der Waals surface area contributed by atoms with Gasteiger partial charge in [-0.25, -0.2) is 4.79 Å². The Labute approximate surface area is 105 Å². The van der Waals surface area contributed by atoms with Crippen molar-refractivity contribution >= 4 is 17.8 Å². The van der Waals surface area contributed by atoms with E-state index >= 15 is 0 Å². The lowest BCUT2D eigenvalue weighted by molar-refractivity contribution is -0.142. The van der Waals surface area contributed by atoms with Crippen LogP contribution in [0, 0.1) is 0 Å². The van der Waals surface area contributed by atoms with Gasteiger partial charge < -0.3 is 21.5 Å². The zero-order chi connectivity index (χ0) is 13.5. The molecule has 0 aliphatic heterocycles. The molecule has 1 aliphatic rings. The average Bonchev–Trinajstić information content (AvgIpc) is 3.07. The maximum Gasteiger partial charge on any atom is 0.326 e. The number of carbonyl (C=O) groups excluding carboxylic acids is 2. The molecule has 0 radical (unpaired) electrons. The van der Waals surface area contributed by atoms with E-state index in [0.29, 0.717) is 12.6 Å². The molecule has 1 saturated carbocycles.